The molecule has 2 N–H and O–H groups in total. The molecule has 1 unspecified atom stereocenters. The summed E-state index contributed by atoms with van der Waals surface area (Å²) in [4.78, 5) is 16.4. The van der Waals surface area contributed by atoms with Gasteiger partial charge in [-0.05, 0) is 43.7 Å². The number of pyridine rings is 1. The molecule has 0 radical (unpaired) electrons. The van der Waals surface area contributed by atoms with Crippen LogP contribution in [0.5, 0.6) is 0 Å². The Morgan fingerprint density at radius 1 is 1.17 bits per heavy atom. The highest BCUT2D eigenvalue weighted by Gasteiger charge is 2.34. The first-order valence-electron chi connectivity index (χ1n) is 7.57. The Balaban J connectivity index is 2.25. The lowest BCUT2D eigenvalue weighted by atomic mass is 9.79. The van der Waals surface area contributed by atoms with Gasteiger partial charge in [-0.15, -0.1) is 0 Å². The highest BCUT2D eigenvalue weighted by molar-refractivity contribution is 9.10. The first-order chi connectivity index (χ1) is 11.5. The van der Waals surface area contributed by atoms with E-state index in [1.165, 1.54) is 0 Å². The highest BCUT2D eigenvalue weighted by atomic mass is 79.9. The molecule has 1 aliphatic heterocycles. The number of benzene rings is 1. The van der Waals surface area contributed by atoms with Gasteiger partial charge in [-0.3, -0.25) is 4.98 Å². The third-order valence-electron chi connectivity index (χ3n) is 4.11. The van der Waals surface area contributed by atoms with E-state index in [-0.39, 0.29) is 5.92 Å². The molecule has 2 aromatic rings. The van der Waals surface area contributed by atoms with Crippen LogP contribution in [-0.2, 0) is 4.79 Å². The number of aliphatic carboxylic acids is 1. The second-order valence-electron chi connectivity index (χ2n) is 5.71. The molecule has 2 heterocycles. The second-order valence-corrected chi connectivity index (χ2v) is 6.63. The predicted octanol–water partition coefficient (Wildman–Crippen LogP) is 4.32. The van der Waals surface area contributed by atoms with Crippen molar-refractivity contribution in [3.05, 3.63) is 81.4 Å². The minimum atomic E-state index is -0.925. The van der Waals surface area contributed by atoms with Crippen LogP contribution in [0.3, 0.4) is 0 Å². The average Bonchev–Trinajstić information content (AvgIpc) is 2.54. The molecule has 1 aliphatic rings. The van der Waals surface area contributed by atoms with Crippen LogP contribution in [0.15, 0.2) is 70.1 Å². The summed E-state index contributed by atoms with van der Waals surface area (Å²) in [6.07, 6.45) is 1.72. The standard InChI is InChI=1S/C19H17BrN2O2/c1-11-16(15-8-3-4-9-21-15)18(13-6-5-7-14(20)10-13)17(19(23)24)12(2)22-11/h3-10,18,22H,1-2H3,(H,23,24). The summed E-state index contributed by atoms with van der Waals surface area (Å²) in [5, 5.41) is 13.0. The molecule has 0 fully saturated rings. The van der Waals surface area contributed by atoms with Crippen LogP contribution in [-0.4, -0.2) is 16.1 Å². The summed E-state index contributed by atoms with van der Waals surface area (Å²) < 4.78 is 0.916. The molecular weight excluding hydrogens is 368 g/mol. The first kappa shape index (κ1) is 16.5. The summed E-state index contributed by atoms with van der Waals surface area (Å²) in [7, 11) is 0. The molecule has 24 heavy (non-hydrogen) atoms. The van der Waals surface area contributed by atoms with E-state index >= 15 is 0 Å². The Hall–Kier alpha value is -2.40. The van der Waals surface area contributed by atoms with Crippen molar-refractivity contribution < 1.29 is 9.90 Å². The SMILES string of the molecule is CC1=C(C(=O)O)C(c2cccc(Br)c2)C(c2ccccn2)=C(C)N1. The van der Waals surface area contributed by atoms with Crippen molar-refractivity contribution in [3.63, 3.8) is 0 Å². The largest absolute Gasteiger partial charge is 0.478 e. The quantitative estimate of drug-likeness (QED) is 0.826. The molecular formula is C19H17BrN2O2. The Morgan fingerprint density at radius 3 is 2.58 bits per heavy atom. The zero-order valence-corrected chi connectivity index (χ0v) is 15.0. The van der Waals surface area contributed by atoms with Crippen LogP contribution in [0.1, 0.15) is 31.0 Å². The van der Waals surface area contributed by atoms with E-state index in [4.69, 9.17) is 0 Å². The number of nitrogens with one attached hydrogen (secondary N) is 1. The molecule has 1 atom stereocenters. The van der Waals surface area contributed by atoms with E-state index in [0.717, 1.165) is 27.0 Å². The van der Waals surface area contributed by atoms with Crippen molar-refractivity contribution >= 4 is 27.5 Å². The van der Waals surface area contributed by atoms with Gasteiger partial charge in [0.25, 0.3) is 0 Å². The number of hydrogen-bond acceptors (Lipinski definition) is 3. The molecule has 5 heteroatoms. The number of dihydropyridines is 1. The molecule has 0 bridgehead atoms. The van der Waals surface area contributed by atoms with Crippen molar-refractivity contribution in [2.45, 2.75) is 19.8 Å². The van der Waals surface area contributed by atoms with Gasteiger partial charge in [0.05, 0.1) is 11.3 Å². The minimum Gasteiger partial charge on any atom is -0.478 e. The van der Waals surface area contributed by atoms with Crippen LogP contribution >= 0.6 is 15.9 Å². The van der Waals surface area contributed by atoms with E-state index in [0.29, 0.717) is 11.3 Å². The Morgan fingerprint density at radius 2 is 1.96 bits per heavy atom. The number of nitrogens with zero attached hydrogens (tertiary/aromatic N) is 1. The van der Waals surface area contributed by atoms with Crippen LogP contribution < -0.4 is 5.32 Å². The lowest BCUT2D eigenvalue weighted by molar-refractivity contribution is -0.132. The summed E-state index contributed by atoms with van der Waals surface area (Å²) in [5.74, 6) is -1.30. The number of hydrogen-bond donors (Lipinski definition) is 2. The minimum absolute atomic E-state index is 0.347. The van der Waals surface area contributed by atoms with Crippen molar-refractivity contribution in [2.24, 2.45) is 0 Å². The maximum Gasteiger partial charge on any atom is 0.334 e. The maximum absolute atomic E-state index is 12.0. The van der Waals surface area contributed by atoms with Crippen LogP contribution in [0.2, 0.25) is 0 Å². The third kappa shape index (κ3) is 2.99. The fraction of sp³-hybridized carbons (Fsp3) is 0.158. The van der Waals surface area contributed by atoms with E-state index in [1.807, 2.05) is 49.4 Å². The maximum atomic E-state index is 12.0. The Kier molecular flexibility index (Phi) is 4.53. The molecule has 122 valence electrons. The number of carboxylic acid groups (broad SMARTS) is 1. The third-order valence-corrected chi connectivity index (χ3v) is 4.61. The second kappa shape index (κ2) is 6.61. The summed E-state index contributed by atoms with van der Waals surface area (Å²) >= 11 is 3.48. The van der Waals surface area contributed by atoms with Gasteiger partial charge in [0.15, 0.2) is 0 Å². The zero-order chi connectivity index (χ0) is 17.3. The number of carboxylic acids is 1. The molecule has 0 aliphatic carbocycles. The molecule has 0 saturated heterocycles. The smallest absolute Gasteiger partial charge is 0.334 e. The lowest BCUT2D eigenvalue weighted by Gasteiger charge is -2.30. The first-order valence-corrected chi connectivity index (χ1v) is 8.37. The van der Waals surface area contributed by atoms with Gasteiger partial charge in [0.1, 0.15) is 0 Å². The predicted molar refractivity (Wildman–Crippen MR) is 97.2 cm³/mol. The topological polar surface area (TPSA) is 62.2 Å². The molecule has 0 saturated carbocycles. The summed E-state index contributed by atoms with van der Waals surface area (Å²) in [5.41, 5.74) is 4.50. The van der Waals surface area contributed by atoms with Crippen molar-refractivity contribution in [1.29, 1.82) is 0 Å². The Labute approximate surface area is 149 Å². The van der Waals surface area contributed by atoms with Crippen molar-refractivity contribution in [3.8, 4) is 0 Å². The number of carbonyl (C=O) groups is 1. The van der Waals surface area contributed by atoms with Gasteiger partial charge in [-0.2, -0.15) is 0 Å². The van der Waals surface area contributed by atoms with E-state index < -0.39 is 5.97 Å². The highest BCUT2D eigenvalue weighted by Crippen LogP contribution is 2.43. The number of allylic oxidation sites excluding steroid dienone is 3. The van der Waals surface area contributed by atoms with Crippen molar-refractivity contribution in [1.82, 2.24) is 10.3 Å². The van der Waals surface area contributed by atoms with Gasteiger partial charge in [0, 0.05) is 33.6 Å². The molecule has 0 spiro atoms. The van der Waals surface area contributed by atoms with Gasteiger partial charge >= 0.3 is 5.97 Å². The molecule has 1 aromatic heterocycles. The normalized spacial score (nSPS) is 17.7. The molecule has 0 amide bonds. The molecule has 1 aromatic carbocycles. The van der Waals surface area contributed by atoms with Crippen LogP contribution in [0.4, 0.5) is 0 Å². The molecule has 3 rings (SSSR count). The number of aromatic nitrogens is 1. The average molecular weight is 385 g/mol. The van der Waals surface area contributed by atoms with E-state index in [1.54, 1.807) is 13.1 Å². The summed E-state index contributed by atoms with van der Waals surface area (Å²) in [6.45, 7) is 3.75. The van der Waals surface area contributed by atoms with Crippen LogP contribution in [0.25, 0.3) is 5.57 Å². The lowest BCUT2D eigenvalue weighted by Crippen LogP contribution is -2.27. The Bertz CT molecular complexity index is 857. The van der Waals surface area contributed by atoms with Gasteiger partial charge in [-0.25, -0.2) is 4.79 Å². The summed E-state index contributed by atoms with van der Waals surface area (Å²) in [6, 6.07) is 13.4. The van der Waals surface area contributed by atoms with Crippen molar-refractivity contribution in [2.75, 3.05) is 0 Å². The fourth-order valence-corrected chi connectivity index (χ4v) is 3.58. The van der Waals surface area contributed by atoms with Crippen LogP contribution in [0, 0.1) is 0 Å². The van der Waals surface area contributed by atoms with Gasteiger partial charge in [0.2, 0.25) is 0 Å². The monoisotopic (exact) mass is 384 g/mol. The van der Waals surface area contributed by atoms with E-state index in [2.05, 4.69) is 26.2 Å². The number of halogens is 1. The van der Waals surface area contributed by atoms with Gasteiger partial charge in [-0.1, -0.05) is 34.1 Å². The van der Waals surface area contributed by atoms with Gasteiger partial charge < -0.3 is 10.4 Å². The zero-order valence-electron chi connectivity index (χ0n) is 13.4. The number of rotatable bonds is 3. The van der Waals surface area contributed by atoms with E-state index in [9.17, 15) is 9.90 Å². The fourth-order valence-electron chi connectivity index (χ4n) is 3.16. The molecule has 4 nitrogen and oxygen atoms in total.